The Bertz CT molecular complexity index is 1300. The van der Waals surface area contributed by atoms with E-state index < -0.39 is 38.5 Å². The Kier molecular flexibility index (Phi) is 6.42. The minimum Gasteiger partial charge on any atom is -0.320 e. The lowest BCUT2D eigenvalue weighted by Crippen LogP contribution is -2.19. The molecule has 3 rings (SSSR count). The molecule has 2 aromatic carbocycles. The summed E-state index contributed by atoms with van der Waals surface area (Å²) in [6, 6.07) is 10.1. The van der Waals surface area contributed by atoms with Crippen LogP contribution in [-0.4, -0.2) is 19.3 Å². The van der Waals surface area contributed by atoms with Crippen molar-refractivity contribution in [1.29, 1.82) is 0 Å². The van der Waals surface area contributed by atoms with Gasteiger partial charge in [0.25, 0.3) is 15.9 Å². The summed E-state index contributed by atoms with van der Waals surface area (Å²) in [7, 11) is -4.37. The average Bonchev–Trinajstić information content (AvgIpc) is 2.69. The van der Waals surface area contributed by atoms with Gasteiger partial charge in [-0.3, -0.25) is 9.52 Å². The number of aryl methyl sites for hydroxylation is 1. The van der Waals surface area contributed by atoms with Gasteiger partial charge in [-0.1, -0.05) is 23.7 Å². The van der Waals surface area contributed by atoms with Crippen molar-refractivity contribution >= 4 is 38.9 Å². The molecule has 0 fully saturated rings. The molecule has 0 bridgehead atoms. The number of pyridine rings is 1. The van der Waals surface area contributed by atoms with E-state index >= 15 is 0 Å². The van der Waals surface area contributed by atoms with E-state index in [2.05, 4.69) is 15.0 Å². The molecule has 0 aliphatic carbocycles. The molecule has 32 heavy (non-hydrogen) atoms. The van der Waals surface area contributed by atoms with Gasteiger partial charge in [0.1, 0.15) is 16.4 Å². The predicted molar refractivity (Wildman–Crippen MR) is 111 cm³/mol. The first-order valence-corrected chi connectivity index (χ1v) is 10.7. The number of rotatable bonds is 5. The predicted octanol–water partition coefficient (Wildman–Crippen LogP) is 5.25. The lowest BCUT2D eigenvalue weighted by molar-refractivity contribution is -0.141. The molecular weight excluding hydrogens is 474 g/mol. The van der Waals surface area contributed by atoms with Gasteiger partial charge in [0.15, 0.2) is 0 Å². The lowest BCUT2D eigenvalue weighted by Gasteiger charge is -2.15. The van der Waals surface area contributed by atoms with Crippen molar-refractivity contribution in [3.05, 3.63) is 82.4 Å². The zero-order valence-electron chi connectivity index (χ0n) is 16.2. The van der Waals surface area contributed by atoms with E-state index in [0.717, 1.165) is 18.2 Å². The molecule has 1 amide bonds. The van der Waals surface area contributed by atoms with Gasteiger partial charge in [0.2, 0.25) is 0 Å². The number of hydrogen-bond acceptors (Lipinski definition) is 4. The second kappa shape index (κ2) is 8.75. The van der Waals surface area contributed by atoms with Crippen molar-refractivity contribution < 1.29 is 30.8 Å². The molecule has 168 valence electrons. The summed E-state index contributed by atoms with van der Waals surface area (Å²) in [4.78, 5) is 15.4. The monoisotopic (exact) mass is 487 g/mol. The van der Waals surface area contributed by atoms with Crippen molar-refractivity contribution in [2.75, 3.05) is 10.0 Å². The van der Waals surface area contributed by atoms with Gasteiger partial charge in [-0.05, 0) is 49.4 Å². The van der Waals surface area contributed by atoms with Gasteiger partial charge in [-0.2, -0.15) is 13.2 Å². The Morgan fingerprint density at radius 1 is 1.03 bits per heavy atom. The van der Waals surface area contributed by atoms with Crippen LogP contribution in [-0.2, 0) is 16.2 Å². The number of halogens is 5. The fourth-order valence-corrected chi connectivity index (χ4v) is 4.05. The summed E-state index contributed by atoms with van der Waals surface area (Å²) in [5.74, 6) is -1.83. The van der Waals surface area contributed by atoms with Gasteiger partial charge in [-0.25, -0.2) is 17.8 Å². The molecule has 0 spiro atoms. The molecule has 0 unspecified atom stereocenters. The molecular formula is C20H14ClF4N3O3S. The summed E-state index contributed by atoms with van der Waals surface area (Å²) < 4.78 is 79.7. The van der Waals surface area contributed by atoms with Crippen LogP contribution in [0.3, 0.4) is 0 Å². The maximum atomic E-state index is 13.9. The molecule has 12 heteroatoms. The van der Waals surface area contributed by atoms with Crippen molar-refractivity contribution in [3.8, 4) is 0 Å². The number of benzene rings is 2. The van der Waals surface area contributed by atoms with Crippen LogP contribution in [0.25, 0.3) is 0 Å². The summed E-state index contributed by atoms with van der Waals surface area (Å²) in [5, 5.41) is 2.53. The number of amides is 1. The topological polar surface area (TPSA) is 88.2 Å². The molecule has 1 aromatic heterocycles. The normalized spacial score (nSPS) is 11.8. The molecule has 6 nitrogen and oxygen atoms in total. The fourth-order valence-electron chi connectivity index (χ4n) is 2.72. The van der Waals surface area contributed by atoms with Crippen LogP contribution in [0.15, 0.2) is 59.5 Å². The van der Waals surface area contributed by atoms with Gasteiger partial charge >= 0.3 is 6.18 Å². The van der Waals surface area contributed by atoms with Gasteiger partial charge < -0.3 is 5.32 Å². The van der Waals surface area contributed by atoms with E-state index in [0.29, 0.717) is 6.07 Å². The number of nitrogens with zero attached hydrogens (tertiary/aromatic N) is 1. The number of alkyl halides is 3. The summed E-state index contributed by atoms with van der Waals surface area (Å²) >= 11 is 5.94. The molecule has 1 heterocycles. The fraction of sp³-hybridized carbons (Fsp3) is 0.100. The molecule has 0 aliphatic rings. The largest absolute Gasteiger partial charge is 0.433 e. The highest BCUT2D eigenvalue weighted by Crippen LogP contribution is 2.31. The Morgan fingerprint density at radius 3 is 2.34 bits per heavy atom. The third-order valence-electron chi connectivity index (χ3n) is 4.22. The van der Waals surface area contributed by atoms with Crippen LogP contribution in [0.2, 0.25) is 5.02 Å². The van der Waals surface area contributed by atoms with Crippen LogP contribution >= 0.6 is 11.6 Å². The summed E-state index contributed by atoms with van der Waals surface area (Å²) in [6.07, 6.45) is -4.68. The first-order chi connectivity index (χ1) is 14.9. The van der Waals surface area contributed by atoms with E-state index in [4.69, 9.17) is 11.6 Å². The molecule has 3 aromatic rings. The minimum absolute atomic E-state index is 0.0956. The number of hydrogen-bond donors (Lipinski definition) is 2. The minimum atomic E-state index is -4.68. The van der Waals surface area contributed by atoms with E-state index in [1.165, 1.54) is 37.3 Å². The van der Waals surface area contributed by atoms with Crippen LogP contribution in [0.5, 0.6) is 0 Å². The lowest BCUT2D eigenvalue weighted by atomic mass is 10.1. The second-order valence-electron chi connectivity index (χ2n) is 6.51. The Hall–Kier alpha value is -3.18. The van der Waals surface area contributed by atoms with Gasteiger partial charge in [0, 0.05) is 5.02 Å². The molecule has 2 N–H and O–H groups in total. The molecule has 0 saturated carbocycles. The number of nitrogens with one attached hydrogen (secondary N) is 2. The van der Waals surface area contributed by atoms with E-state index in [1.54, 1.807) is 0 Å². The third-order valence-corrected chi connectivity index (χ3v) is 5.86. The number of carbonyl (C=O) groups is 1. The van der Waals surface area contributed by atoms with E-state index in [1.807, 2.05) is 0 Å². The van der Waals surface area contributed by atoms with Crippen molar-refractivity contribution in [2.24, 2.45) is 0 Å². The second-order valence-corrected chi connectivity index (χ2v) is 8.59. The van der Waals surface area contributed by atoms with Crippen LogP contribution in [0.1, 0.15) is 21.7 Å². The standard InChI is InChI=1S/C20H14ClF4N3O3S/c1-11-13(7-9-18(26-11)20(23,24)25)19(29)27-16-10-12(21)6-8-15(16)28-32(30,31)17-5-3-2-4-14(17)22/h2-10,28H,1H3,(H,27,29). The quantitative estimate of drug-likeness (QED) is 0.481. The van der Waals surface area contributed by atoms with Crippen LogP contribution in [0.4, 0.5) is 28.9 Å². The Balaban J connectivity index is 1.92. The Labute approximate surface area is 185 Å². The van der Waals surface area contributed by atoms with Crippen molar-refractivity contribution in [1.82, 2.24) is 4.98 Å². The Morgan fingerprint density at radius 2 is 1.72 bits per heavy atom. The van der Waals surface area contributed by atoms with Crippen molar-refractivity contribution in [3.63, 3.8) is 0 Å². The van der Waals surface area contributed by atoms with Gasteiger partial charge in [-0.15, -0.1) is 0 Å². The number of sulfonamides is 1. The zero-order valence-corrected chi connectivity index (χ0v) is 17.7. The highest BCUT2D eigenvalue weighted by atomic mass is 35.5. The molecule has 0 aliphatic heterocycles. The maximum Gasteiger partial charge on any atom is 0.433 e. The number of anilines is 2. The van der Waals surface area contributed by atoms with Crippen LogP contribution < -0.4 is 10.0 Å². The molecule has 0 saturated heterocycles. The van der Waals surface area contributed by atoms with Gasteiger partial charge in [0.05, 0.1) is 22.6 Å². The van der Waals surface area contributed by atoms with Crippen molar-refractivity contribution in [2.45, 2.75) is 18.0 Å². The first kappa shape index (κ1) is 23.5. The molecule has 0 radical (unpaired) electrons. The van der Waals surface area contributed by atoms with E-state index in [-0.39, 0.29) is 27.7 Å². The highest BCUT2D eigenvalue weighted by molar-refractivity contribution is 7.92. The first-order valence-electron chi connectivity index (χ1n) is 8.81. The van der Waals surface area contributed by atoms with E-state index in [9.17, 15) is 30.8 Å². The highest BCUT2D eigenvalue weighted by Gasteiger charge is 2.33. The summed E-state index contributed by atoms with van der Waals surface area (Å²) in [6.45, 7) is 1.23. The zero-order chi connectivity index (χ0) is 23.7. The number of carbonyl (C=O) groups excluding carboxylic acids is 1. The SMILES string of the molecule is Cc1nc(C(F)(F)F)ccc1C(=O)Nc1cc(Cl)ccc1NS(=O)(=O)c1ccccc1F. The van der Waals surface area contributed by atoms with Crippen LogP contribution in [0, 0.1) is 12.7 Å². The molecule has 0 atom stereocenters. The smallest absolute Gasteiger partial charge is 0.320 e. The number of aromatic nitrogens is 1. The average molecular weight is 488 g/mol. The summed E-state index contributed by atoms with van der Waals surface area (Å²) in [5.41, 5.74) is -1.74. The third kappa shape index (κ3) is 5.17. The maximum absolute atomic E-state index is 13.9.